The van der Waals surface area contributed by atoms with E-state index in [4.69, 9.17) is 10.3 Å². The molecule has 0 radical (unpaired) electrons. The molecular formula is C4H7N2O3+. The Labute approximate surface area is 51.4 Å². The smallest absolute Gasteiger partial charge is 0.433 e. The van der Waals surface area contributed by atoms with E-state index in [9.17, 15) is 4.79 Å². The van der Waals surface area contributed by atoms with Crippen molar-refractivity contribution in [1.82, 2.24) is 0 Å². The van der Waals surface area contributed by atoms with Crippen LogP contribution in [0.5, 0.6) is 0 Å². The average Bonchev–Trinajstić information content (AvgIpc) is 2.16. The SMILES string of the molecule is O=C(O)[N+]1(O)C=NCC1. The fourth-order valence-corrected chi connectivity index (χ4v) is 0.606. The molecule has 0 aromatic heterocycles. The minimum Gasteiger partial charge on any atom is -0.433 e. The van der Waals surface area contributed by atoms with Gasteiger partial charge in [-0.15, -0.1) is 0 Å². The van der Waals surface area contributed by atoms with Crippen molar-refractivity contribution in [2.45, 2.75) is 0 Å². The molecule has 1 rings (SSSR count). The lowest BCUT2D eigenvalue weighted by Gasteiger charge is -2.10. The van der Waals surface area contributed by atoms with Crippen LogP contribution in [0.2, 0.25) is 0 Å². The van der Waals surface area contributed by atoms with Crippen LogP contribution in [0.25, 0.3) is 0 Å². The van der Waals surface area contributed by atoms with Crippen LogP contribution in [-0.2, 0) is 0 Å². The summed E-state index contributed by atoms with van der Waals surface area (Å²) in [6.07, 6.45) is -0.265. The summed E-state index contributed by atoms with van der Waals surface area (Å²) >= 11 is 0. The molecule has 0 aromatic carbocycles. The van der Waals surface area contributed by atoms with Gasteiger partial charge in [-0.3, -0.25) is 0 Å². The summed E-state index contributed by atoms with van der Waals surface area (Å²) in [5.41, 5.74) is 0. The molecule has 1 atom stereocenters. The van der Waals surface area contributed by atoms with Crippen molar-refractivity contribution >= 4 is 12.4 Å². The molecule has 0 bridgehead atoms. The zero-order valence-corrected chi connectivity index (χ0v) is 4.69. The van der Waals surface area contributed by atoms with Gasteiger partial charge in [0.2, 0.25) is 6.34 Å². The van der Waals surface area contributed by atoms with Crippen molar-refractivity contribution in [2.24, 2.45) is 4.99 Å². The summed E-state index contributed by atoms with van der Waals surface area (Å²) in [6, 6.07) is 0. The molecule has 0 saturated carbocycles. The second kappa shape index (κ2) is 1.78. The Kier molecular flexibility index (Phi) is 1.22. The van der Waals surface area contributed by atoms with E-state index in [1.807, 2.05) is 0 Å². The molecule has 9 heavy (non-hydrogen) atoms. The molecular weight excluding hydrogens is 124 g/mol. The van der Waals surface area contributed by atoms with Crippen LogP contribution in [0.1, 0.15) is 0 Å². The van der Waals surface area contributed by atoms with E-state index >= 15 is 0 Å². The van der Waals surface area contributed by atoms with Gasteiger partial charge in [0, 0.05) is 0 Å². The molecule has 1 aliphatic rings. The predicted molar refractivity (Wildman–Crippen MR) is 28.3 cm³/mol. The lowest BCUT2D eigenvalue weighted by molar-refractivity contribution is -0.957. The van der Waals surface area contributed by atoms with Gasteiger partial charge in [-0.25, -0.2) is 4.99 Å². The van der Waals surface area contributed by atoms with Crippen LogP contribution in [0.4, 0.5) is 4.79 Å². The van der Waals surface area contributed by atoms with E-state index in [1.165, 1.54) is 0 Å². The molecule has 5 nitrogen and oxygen atoms in total. The highest BCUT2D eigenvalue weighted by molar-refractivity contribution is 5.68. The van der Waals surface area contributed by atoms with Crippen LogP contribution in [0.15, 0.2) is 4.99 Å². The van der Waals surface area contributed by atoms with Gasteiger partial charge in [0.25, 0.3) is 0 Å². The Morgan fingerprint density at radius 3 is 2.67 bits per heavy atom. The topological polar surface area (TPSA) is 69.9 Å². The normalized spacial score (nSPS) is 33.0. The molecule has 0 saturated heterocycles. The van der Waals surface area contributed by atoms with Crippen LogP contribution in [0.3, 0.4) is 0 Å². The number of aliphatic imine (C=N–C) groups is 1. The van der Waals surface area contributed by atoms with Crippen molar-refractivity contribution in [2.75, 3.05) is 13.1 Å². The van der Waals surface area contributed by atoms with Gasteiger partial charge in [0.05, 0.1) is 6.54 Å². The third-order valence-corrected chi connectivity index (χ3v) is 1.17. The summed E-state index contributed by atoms with van der Waals surface area (Å²) in [6.45, 7) is 0.512. The summed E-state index contributed by atoms with van der Waals surface area (Å²) < 4.78 is -1.07. The number of hydrogen-bond donors (Lipinski definition) is 2. The van der Waals surface area contributed by atoms with Crippen LogP contribution >= 0.6 is 0 Å². The number of carboxylic acid groups (broad SMARTS) is 1. The van der Waals surface area contributed by atoms with E-state index in [2.05, 4.69) is 4.99 Å². The van der Waals surface area contributed by atoms with Gasteiger partial charge < -0.3 is 5.11 Å². The number of carbonyl (C=O) groups is 1. The maximum Gasteiger partial charge on any atom is 0.553 e. The Balaban J connectivity index is 2.74. The van der Waals surface area contributed by atoms with E-state index in [0.29, 0.717) is 6.54 Å². The quantitative estimate of drug-likeness (QED) is 0.356. The highest BCUT2D eigenvalue weighted by atomic mass is 16.6. The number of quaternary nitrogens is 1. The van der Waals surface area contributed by atoms with Crippen molar-refractivity contribution in [3.63, 3.8) is 0 Å². The van der Waals surface area contributed by atoms with Gasteiger partial charge in [0.15, 0.2) is 0 Å². The molecule has 0 aliphatic carbocycles. The van der Waals surface area contributed by atoms with Gasteiger partial charge in [0.1, 0.15) is 6.54 Å². The summed E-state index contributed by atoms with van der Waals surface area (Å²) in [5, 5.41) is 17.3. The first-order chi connectivity index (χ1) is 4.15. The van der Waals surface area contributed by atoms with Crippen LogP contribution in [-0.4, -0.2) is 40.5 Å². The zero-order chi connectivity index (χ0) is 6.91. The van der Waals surface area contributed by atoms with Gasteiger partial charge in [-0.05, 0) is 4.65 Å². The second-order valence-electron chi connectivity index (χ2n) is 1.85. The molecule has 0 aromatic rings. The highest BCUT2D eigenvalue weighted by Crippen LogP contribution is 2.03. The van der Waals surface area contributed by atoms with Crippen molar-refractivity contribution in [3.05, 3.63) is 0 Å². The minimum absolute atomic E-state index is 0.134. The maximum atomic E-state index is 10.2. The Morgan fingerprint density at radius 1 is 1.78 bits per heavy atom. The first-order valence-electron chi connectivity index (χ1n) is 2.50. The molecule has 1 aliphatic heterocycles. The number of nitrogens with zero attached hydrogens (tertiary/aromatic N) is 2. The van der Waals surface area contributed by atoms with Crippen molar-refractivity contribution in [1.29, 1.82) is 0 Å². The first-order valence-corrected chi connectivity index (χ1v) is 2.50. The van der Waals surface area contributed by atoms with E-state index in [0.717, 1.165) is 6.34 Å². The number of hydroxylamine groups is 3. The molecule has 1 unspecified atom stereocenters. The minimum atomic E-state index is -1.28. The predicted octanol–water partition coefficient (Wildman–Crippen LogP) is -0.0877. The Hall–Kier alpha value is -0.940. The third-order valence-electron chi connectivity index (χ3n) is 1.17. The number of amides is 1. The molecule has 1 amide bonds. The first kappa shape index (κ1) is 6.18. The monoisotopic (exact) mass is 131 g/mol. The molecule has 1 heterocycles. The molecule has 2 N–H and O–H groups in total. The largest absolute Gasteiger partial charge is 0.553 e. The summed E-state index contributed by atoms with van der Waals surface area (Å²) in [7, 11) is 0. The fourth-order valence-electron chi connectivity index (χ4n) is 0.606. The van der Waals surface area contributed by atoms with Crippen LogP contribution < -0.4 is 0 Å². The van der Waals surface area contributed by atoms with E-state index in [-0.39, 0.29) is 6.54 Å². The van der Waals surface area contributed by atoms with E-state index in [1.54, 1.807) is 0 Å². The number of rotatable bonds is 0. The second-order valence-corrected chi connectivity index (χ2v) is 1.85. The third kappa shape index (κ3) is 0.914. The van der Waals surface area contributed by atoms with Gasteiger partial charge >= 0.3 is 6.09 Å². The summed E-state index contributed by atoms with van der Waals surface area (Å²) in [4.78, 5) is 13.7. The maximum absolute atomic E-state index is 10.2. The van der Waals surface area contributed by atoms with Gasteiger partial charge in [-0.2, -0.15) is 10.0 Å². The van der Waals surface area contributed by atoms with Crippen LogP contribution in [0, 0.1) is 0 Å². The molecule has 0 spiro atoms. The Bertz CT molecular complexity index is 167. The zero-order valence-electron chi connectivity index (χ0n) is 4.69. The van der Waals surface area contributed by atoms with Gasteiger partial charge in [-0.1, -0.05) is 0 Å². The van der Waals surface area contributed by atoms with Crippen molar-refractivity contribution in [3.8, 4) is 0 Å². The lowest BCUT2D eigenvalue weighted by atomic mass is 10.6. The van der Waals surface area contributed by atoms with Crippen molar-refractivity contribution < 1.29 is 19.8 Å². The Morgan fingerprint density at radius 2 is 2.44 bits per heavy atom. The lowest BCUT2D eigenvalue weighted by Crippen LogP contribution is -2.46. The molecule has 5 heteroatoms. The van der Waals surface area contributed by atoms with E-state index < -0.39 is 10.7 Å². The molecule has 50 valence electrons. The fraction of sp³-hybridized carbons (Fsp3) is 0.500. The standard InChI is InChI=1S/C4H6N2O3/c7-4(8)6(9)2-1-5-3-6/h3,9H,1-2H2/p+1. The average molecular weight is 131 g/mol. The molecule has 0 fully saturated rings. The summed E-state index contributed by atoms with van der Waals surface area (Å²) in [5.74, 6) is 0. The number of hydrogen-bond acceptors (Lipinski definition) is 3. The highest BCUT2D eigenvalue weighted by Gasteiger charge is 2.37.